The van der Waals surface area contributed by atoms with Gasteiger partial charge in [0.1, 0.15) is 12.9 Å². The van der Waals surface area contributed by atoms with Crippen molar-refractivity contribution in [3.63, 3.8) is 0 Å². The van der Waals surface area contributed by atoms with Gasteiger partial charge in [-0.3, -0.25) is 14.5 Å². The lowest BCUT2D eigenvalue weighted by Gasteiger charge is -2.00. The molecule has 1 heterocycles. The molecule has 6 heteroatoms. The lowest BCUT2D eigenvalue weighted by Crippen LogP contribution is -2.12. The van der Waals surface area contributed by atoms with Crippen molar-refractivity contribution in [2.24, 2.45) is 0 Å². The lowest BCUT2D eigenvalue weighted by molar-refractivity contribution is -0.143. The molecule has 0 bridgehead atoms. The van der Waals surface area contributed by atoms with Gasteiger partial charge in [0.25, 0.3) is 0 Å². The van der Waals surface area contributed by atoms with Crippen LogP contribution >= 0.6 is 12.2 Å². The average Bonchev–Trinajstić information content (AvgIpc) is 2.37. The van der Waals surface area contributed by atoms with Crippen LogP contribution in [0.5, 0.6) is 0 Å². The molecule has 0 fully saturated rings. The number of carbonyl (C=O) groups is 1. The highest BCUT2D eigenvalue weighted by molar-refractivity contribution is 7.71. The Morgan fingerprint density at radius 3 is 3.17 bits per heavy atom. The van der Waals surface area contributed by atoms with E-state index < -0.39 is 0 Å². The Kier molecular flexibility index (Phi) is 2.98. The zero-order chi connectivity index (χ0) is 8.97. The molecule has 0 amide bonds. The summed E-state index contributed by atoms with van der Waals surface area (Å²) >= 11 is 4.83. The molecule has 5 nitrogen and oxygen atoms in total. The molecule has 0 saturated heterocycles. The number of carbonyl (C=O) groups excluding carboxylic acids is 1. The number of nitrogens with zero attached hydrogens (tertiary/aromatic N) is 2. The summed E-state index contributed by atoms with van der Waals surface area (Å²) in [6.07, 6.45) is 1.46. The Morgan fingerprint density at radius 1 is 1.92 bits per heavy atom. The first-order valence-corrected chi connectivity index (χ1v) is 3.90. The fourth-order valence-corrected chi connectivity index (χ4v) is 0.893. The molecule has 0 aliphatic heterocycles. The zero-order valence-corrected chi connectivity index (χ0v) is 7.43. The Bertz CT molecular complexity index is 317. The van der Waals surface area contributed by atoms with Gasteiger partial charge in [-0.1, -0.05) is 0 Å². The minimum atomic E-state index is -0.310. The van der Waals surface area contributed by atoms with Gasteiger partial charge < -0.3 is 4.74 Å². The number of H-pyrrole nitrogens is 1. The maximum atomic E-state index is 10.9. The van der Waals surface area contributed by atoms with Crippen molar-refractivity contribution in [3.05, 3.63) is 11.1 Å². The summed E-state index contributed by atoms with van der Waals surface area (Å²) in [5.41, 5.74) is 0. The van der Waals surface area contributed by atoms with Gasteiger partial charge in [-0.05, 0) is 19.1 Å². The molecule has 66 valence electrons. The maximum absolute atomic E-state index is 10.9. The highest BCUT2D eigenvalue weighted by Crippen LogP contribution is 1.89. The van der Waals surface area contributed by atoms with Crippen molar-refractivity contribution in [2.45, 2.75) is 13.5 Å². The Balaban J connectivity index is 2.58. The van der Waals surface area contributed by atoms with Crippen molar-refractivity contribution in [1.82, 2.24) is 14.8 Å². The number of aromatic nitrogens is 3. The molecule has 0 saturated carbocycles. The molecule has 1 aromatic heterocycles. The number of aromatic amines is 1. The second-order valence-corrected chi connectivity index (χ2v) is 2.48. The van der Waals surface area contributed by atoms with Crippen LogP contribution in [0, 0.1) is 4.77 Å². The van der Waals surface area contributed by atoms with Crippen LogP contribution in [-0.4, -0.2) is 27.3 Å². The molecule has 1 aromatic rings. The van der Waals surface area contributed by atoms with Gasteiger partial charge in [-0.15, -0.1) is 0 Å². The van der Waals surface area contributed by atoms with E-state index in [0.717, 1.165) is 0 Å². The minimum Gasteiger partial charge on any atom is -0.465 e. The van der Waals surface area contributed by atoms with Gasteiger partial charge >= 0.3 is 5.97 Å². The van der Waals surface area contributed by atoms with Crippen molar-refractivity contribution in [3.8, 4) is 0 Å². The first-order chi connectivity index (χ1) is 5.74. The van der Waals surface area contributed by atoms with Gasteiger partial charge in [0.2, 0.25) is 0 Å². The van der Waals surface area contributed by atoms with Gasteiger partial charge in [-0.2, -0.15) is 5.10 Å². The molecule has 0 aliphatic rings. The topological polar surface area (TPSA) is 59.9 Å². The van der Waals surface area contributed by atoms with E-state index in [-0.39, 0.29) is 12.5 Å². The van der Waals surface area contributed by atoms with Crippen molar-refractivity contribution < 1.29 is 9.53 Å². The van der Waals surface area contributed by atoms with Crippen molar-refractivity contribution >= 4 is 18.2 Å². The summed E-state index contributed by atoms with van der Waals surface area (Å²) in [5.74, 6) is -0.310. The zero-order valence-electron chi connectivity index (χ0n) is 6.61. The van der Waals surface area contributed by atoms with Crippen LogP contribution in [0.2, 0.25) is 0 Å². The van der Waals surface area contributed by atoms with Crippen LogP contribution in [0.25, 0.3) is 0 Å². The quantitative estimate of drug-likeness (QED) is 0.553. The largest absolute Gasteiger partial charge is 0.465 e. The first-order valence-electron chi connectivity index (χ1n) is 3.49. The predicted molar refractivity (Wildman–Crippen MR) is 44.0 cm³/mol. The molecule has 12 heavy (non-hydrogen) atoms. The molecule has 1 rings (SSSR count). The predicted octanol–water partition coefficient (Wildman–Crippen LogP) is 0.504. The fraction of sp³-hybridized carbons (Fsp3) is 0.500. The van der Waals surface area contributed by atoms with Gasteiger partial charge in [0, 0.05) is 0 Å². The number of nitrogens with one attached hydrogen (secondary N) is 1. The average molecular weight is 187 g/mol. The molecule has 0 spiro atoms. The highest BCUT2D eigenvalue weighted by Gasteiger charge is 2.02. The summed E-state index contributed by atoms with van der Waals surface area (Å²) in [7, 11) is 0. The van der Waals surface area contributed by atoms with E-state index >= 15 is 0 Å². The molecule has 1 N–H and O–H groups in total. The molecule has 0 atom stereocenters. The number of hydrogen-bond donors (Lipinski definition) is 1. The molecular formula is C6H9N3O2S. The van der Waals surface area contributed by atoms with Crippen molar-refractivity contribution in [2.75, 3.05) is 6.61 Å². The third-order valence-corrected chi connectivity index (χ3v) is 1.55. The van der Waals surface area contributed by atoms with Gasteiger partial charge in [0.15, 0.2) is 4.77 Å². The Hall–Kier alpha value is -1.17. The lowest BCUT2D eigenvalue weighted by atomic mass is 10.6. The number of hydrogen-bond acceptors (Lipinski definition) is 4. The highest BCUT2D eigenvalue weighted by atomic mass is 32.1. The maximum Gasteiger partial charge on any atom is 0.326 e. The van der Waals surface area contributed by atoms with E-state index in [2.05, 4.69) is 10.2 Å². The van der Waals surface area contributed by atoms with Crippen LogP contribution in [-0.2, 0) is 16.1 Å². The molecule has 0 radical (unpaired) electrons. The summed E-state index contributed by atoms with van der Waals surface area (Å²) in [6.45, 7) is 2.25. The first kappa shape index (κ1) is 8.92. The normalized spacial score (nSPS) is 9.75. The van der Waals surface area contributed by atoms with Crippen LogP contribution in [0.15, 0.2) is 6.33 Å². The van der Waals surface area contributed by atoms with Crippen molar-refractivity contribution in [1.29, 1.82) is 0 Å². The van der Waals surface area contributed by atoms with Crippen LogP contribution in [0.1, 0.15) is 6.92 Å². The summed E-state index contributed by atoms with van der Waals surface area (Å²) in [5, 5.41) is 6.20. The van der Waals surface area contributed by atoms with E-state index in [9.17, 15) is 4.79 Å². The molecular weight excluding hydrogens is 178 g/mol. The summed E-state index contributed by atoms with van der Waals surface area (Å²) < 4.78 is 6.65. The third-order valence-electron chi connectivity index (χ3n) is 1.22. The monoisotopic (exact) mass is 187 g/mol. The van der Waals surface area contributed by atoms with E-state index in [4.69, 9.17) is 17.0 Å². The summed E-state index contributed by atoms with van der Waals surface area (Å²) in [4.78, 5) is 10.9. The third kappa shape index (κ3) is 2.16. The van der Waals surface area contributed by atoms with E-state index in [0.29, 0.717) is 11.4 Å². The SMILES string of the molecule is CCOC(=O)Cn1cn[nH]c1=S. The Labute approximate surface area is 74.4 Å². The van der Waals surface area contributed by atoms with Crippen LogP contribution in [0.3, 0.4) is 0 Å². The van der Waals surface area contributed by atoms with Gasteiger partial charge in [-0.25, -0.2) is 0 Å². The molecule has 0 unspecified atom stereocenters. The van der Waals surface area contributed by atoms with Crippen LogP contribution in [0.4, 0.5) is 0 Å². The smallest absolute Gasteiger partial charge is 0.326 e. The number of ether oxygens (including phenoxy) is 1. The molecule has 0 aliphatic carbocycles. The standard InChI is InChI=1S/C6H9N3O2S/c1-2-11-5(10)3-9-4-7-8-6(9)12/h4H,2-3H2,1H3,(H,8,12). The van der Waals surface area contributed by atoms with E-state index in [1.165, 1.54) is 10.9 Å². The second kappa shape index (κ2) is 4.01. The Morgan fingerprint density at radius 2 is 2.67 bits per heavy atom. The summed E-state index contributed by atoms with van der Waals surface area (Å²) in [6, 6.07) is 0. The number of rotatable bonds is 3. The minimum absolute atomic E-state index is 0.114. The molecule has 0 aromatic carbocycles. The van der Waals surface area contributed by atoms with Crippen LogP contribution < -0.4 is 0 Å². The second-order valence-electron chi connectivity index (χ2n) is 2.09. The fourth-order valence-electron chi connectivity index (χ4n) is 0.729. The number of esters is 1. The van der Waals surface area contributed by atoms with Gasteiger partial charge in [0.05, 0.1) is 6.61 Å². The van der Waals surface area contributed by atoms with E-state index in [1.54, 1.807) is 6.92 Å². The van der Waals surface area contributed by atoms with E-state index in [1.807, 2.05) is 0 Å².